The molecule has 0 saturated carbocycles. The van der Waals surface area contributed by atoms with Gasteiger partial charge in [0.25, 0.3) is 5.91 Å². The number of halogens is 1. The highest BCUT2D eigenvalue weighted by atomic mass is 35.5. The average Bonchev–Trinajstić information content (AvgIpc) is 3.20. The Morgan fingerprint density at radius 2 is 1.74 bits per heavy atom. The average molecular weight is 503 g/mol. The number of amidine groups is 2. The number of benzene rings is 3. The van der Waals surface area contributed by atoms with Crippen LogP contribution in [0.1, 0.15) is 24.5 Å². The lowest BCUT2D eigenvalue weighted by Crippen LogP contribution is -2.45. The predicted molar refractivity (Wildman–Crippen MR) is 143 cm³/mol. The van der Waals surface area contributed by atoms with Gasteiger partial charge in [-0.25, -0.2) is 4.99 Å². The van der Waals surface area contributed by atoms with Crippen molar-refractivity contribution in [3.63, 3.8) is 0 Å². The van der Waals surface area contributed by atoms with Gasteiger partial charge in [0.1, 0.15) is 11.9 Å². The summed E-state index contributed by atoms with van der Waals surface area (Å²) in [7, 11) is 0. The summed E-state index contributed by atoms with van der Waals surface area (Å²) in [5, 5.41) is 3.76. The van der Waals surface area contributed by atoms with Gasteiger partial charge in [0.15, 0.2) is 5.17 Å². The highest BCUT2D eigenvalue weighted by Gasteiger charge is 2.42. The molecular weight excluding hydrogens is 480 g/mol. The smallest absolute Gasteiger partial charge is 0.271 e. The number of carbonyl (C=O) groups is 2. The summed E-state index contributed by atoms with van der Waals surface area (Å²) >= 11 is 7.32. The molecule has 3 aromatic carbocycles. The molecule has 0 saturated heterocycles. The summed E-state index contributed by atoms with van der Waals surface area (Å²) in [5.41, 5.74) is 3.28. The number of hydrogen-bond acceptors (Lipinski definition) is 5. The van der Waals surface area contributed by atoms with Crippen molar-refractivity contribution < 1.29 is 9.59 Å². The maximum Gasteiger partial charge on any atom is 0.271 e. The maximum atomic E-state index is 13.1. The fraction of sp³-hybridized carbons (Fsp3) is 0.185. The van der Waals surface area contributed by atoms with Crippen molar-refractivity contribution in [2.75, 3.05) is 5.32 Å². The van der Waals surface area contributed by atoms with Gasteiger partial charge in [0.2, 0.25) is 5.91 Å². The van der Waals surface area contributed by atoms with Crippen LogP contribution in [-0.4, -0.2) is 39.0 Å². The molecule has 6 nitrogen and oxygen atoms in total. The van der Waals surface area contributed by atoms with Crippen molar-refractivity contribution in [2.24, 2.45) is 9.98 Å². The number of anilines is 1. The van der Waals surface area contributed by atoms with Crippen LogP contribution in [0.25, 0.3) is 0 Å². The van der Waals surface area contributed by atoms with Crippen LogP contribution in [0, 0.1) is 0 Å². The normalized spacial score (nSPS) is 17.3. The third-order valence-electron chi connectivity index (χ3n) is 5.90. The van der Waals surface area contributed by atoms with Crippen molar-refractivity contribution in [1.82, 2.24) is 4.90 Å². The molecule has 2 aliphatic heterocycles. The molecule has 2 heterocycles. The second kappa shape index (κ2) is 10.1. The number of nitrogens with zero attached hydrogens (tertiary/aromatic N) is 3. The van der Waals surface area contributed by atoms with E-state index in [4.69, 9.17) is 16.6 Å². The molecule has 2 amide bonds. The molecule has 0 bridgehead atoms. The Balaban J connectivity index is 1.45. The number of fused-ring (bicyclic) bond motifs is 3. The minimum absolute atomic E-state index is 0.134. The van der Waals surface area contributed by atoms with E-state index in [0.29, 0.717) is 34.6 Å². The van der Waals surface area contributed by atoms with E-state index in [1.165, 1.54) is 11.8 Å². The van der Waals surface area contributed by atoms with Crippen molar-refractivity contribution in [3.8, 4) is 0 Å². The zero-order chi connectivity index (χ0) is 24.4. The van der Waals surface area contributed by atoms with Gasteiger partial charge in [-0.1, -0.05) is 72.8 Å². The number of amides is 2. The lowest BCUT2D eigenvalue weighted by atomic mass is 10.0. The third-order valence-corrected chi connectivity index (χ3v) is 7.49. The molecule has 0 radical (unpaired) electrons. The first-order valence-corrected chi connectivity index (χ1v) is 12.7. The number of para-hydroxylation sites is 1. The molecule has 2 atom stereocenters. The number of rotatable bonds is 6. The van der Waals surface area contributed by atoms with E-state index in [2.05, 4.69) is 10.3 Å². The largest absolute Gasteiger partial charge is 0.325 e. The molecule has 35 heavy (non-hydrogen) atoms. The summed E-state index contributed by atoms with van der Waals surface area (Å²) < 4.78 is 0. The van der Waals surface area contributed by atoms with E-state index in [1.54, 1.807) is 24.3 Å². The van der Waals surface area contributed by atoms with Crippen molar-refractivity contribution >= 4 is 57.6 Å². The van der Waals surface area contributed by atoms with Crippen LogP contribution >= 0.6 is 23.4 Å². The Labute approximate surface area is 213 Å². The first-order valence-electron chi connectivity index (χ1n) is 11.4. The molecule has 0 spiro atoms. The molecule has 8 heteroatoms. The Hall–Kier alpha value is -3.42. The van der Waals surface area contributed by atoms with Crippen LogP contribution in [0.2, 0.25) is 5.02 Å². The summed E-state index contributed by atoms with van der Waals surface area (Å²) in [6, 6.07) is 24.0. The van der Waals surface area contributed by atoms with E-state index < -0.39 is 11.3 Å². The third kappa shape index (κ3) is 4.88. The standard InChI is InChI=1S/C27H23ClN4O2S/c1-2-23(26(34)29-19-14-12-18(28)13-15-19)35-27-30-21-11-7-6-10-20(21)24-31-25(33)22(32(24)27)16-17-8-4-3-5-9-17/h3-15,22-23H,2,16H2,1H3,(H,29,34). The zero-order valence-corrected chi connectivity index (χ0v) is 20.6. The summed E-state index contributed by atoms with van der Waals surface area (Å²) in [6.45, 7) is 1.96. The van der Waals surface area contributed by atoms with Crippen molar-refractivity contribution in [1.29, 1.82) is 0 Å². The Kier molecular flexibility index (Phi) is 6.70. The number of aliphatic imine (C=N–C) groups is 2. The molecule has 5 rings (SSSR count). The number of hydrogen-bond donors (Lipinski definition) is 1. The number of carbonyl (C=O) groups excluding carboxylic acids is 2. The van der Waals surface area contributed by atoms with Crippen LogP contribution in [0.15, 0.2) is 88.8 Å². The van der Waals surface area contributed by atoms with E-state index in [0.717, 1.165) is 16.8 Å². The molecule has 0 fully saturated rings. The first kappa shape index (κ1) is 23.3. The van der Waals surface area contributed by atoms with Gasteiger partial charge in [-0.05, 0) is 48.4 Å². The second-order valence-corrected chi connectivity index (χ2v) is 9.88. The minimum Gasteiger partial charge on any atom is -0.325 e. The highest BCUT2D eigenvalue weighted by molar-refractivity contribution is 8.15. The van der Waals surface area contributed by atoms with Crippen LogP contribution in [0.4, 0.5) is 11.4 Å². The minimum atomic E-state index is -0.510. The zero-order valence-electron chi connectivity index (χ0n) is 19.0. The quantitative estimate of drug-likeness (QED) is 0.469. The number of nitrogens with one attached hydrogen (secondary N) is 1. The van der Waals surface area contributed by atoms with Crippen LogP contribution in [0.3, 0.4) is 0 Å². The summed E-state index contributed by atoms with van der Waals surface area (Å²) in [6.07, 6.45) is 1.09. The van der Waals surface area contributed by atoms with Gasteiger partial charge in [0, 0.05) is 22.7 Å². The summed E-state index contributed by atoms with van der Waals surface area (Å²) in [4.78, 5) is 37.4. The SMILES string of the molecule is CCC(SC1=Nc2ccccc2C2=NC(=O)C(Cc3ccccc3)N12)C(=O)Nc1ccc(Cl)cc1. The Morgan fingerprint density at radius 3 is 2.49 bits per heavy atom. The Bertz CT molecular complexity index is 1320. The fourth-order valence-electron chi connectivity index (χ4n) is 4.13. The van der Waals surface area contributed by atoms with Gasteiger partial charge >= 0.3 is 0 Å². The van der Waals surface area contributed by atoms with E-state index in [9.17, 15) is 9.59 Å². The molecule has 0 aliphatic carbocycles. The first-order chi connectivity index (χ1) is 17.0. The van der Waals surface area contributed by atoms with Crippen LogP contribution in [0.5, 0.6) is 0 Å². The second-order valence-electron chi connectivity index (χ2n) is 8.27. The van der Waals surface area contributed by atoms with Gasteiger partial charge in [0.05, 0.1) is 10.9 Å². The van der Waals surface area contributed by atoms with Gasteiger partial charge in [-0.15, -0.1) is 0 Å². The highest BCUT2D eigenvalue weighted by Crippen LogP contribution is 2.36. The molecule has 2 aliphatic rings. The van der Waals surface area contributed by atoms with Gasteiger partial charge < -0.3 is 5.32 Å². The summed E-state index contributed by atoms with van der Waals surface area (Å²) in [5.74, 6) is 0.259. The molecule has 3 aromatic rings. The Morgan fingerprint density at radius 1 is 1.03 bits per heavy atom. The van der Waals surface area contributed by atoms with Gasteiger partial charge in [-0.3, -0.25) is 14.5 Å². The van der Waals surface area contributed by atoms with Crippen molar-refractivity contribution in [2.45, 2.75) is 31.1 Å². The van der Waals surface area contributed by atoms with Crippen molar-refractivity contribution in [3.05, 3.63) is 95.0 Å². The molecule has 0 aromatic heterocycles. The van der Waals surface area contributed by atoms with Gasteiger partial charge in [-0.2, -0.15) is 4.99 Å². The molecule has 2 unspecified atom stereocenters. The van der Waals surface area contributed by atoms with Crippen LogP contribution < -0.4 is 5.32 Å². The molecular formula is C27H23ClN4O2S. The predicted octanol–water partition coefficient (Wildman–Crippen LogP) is 5.69. The maximum absolute atomic E-state index is 13.1. The van der Waals surface area contributed by atoms with Crippen LogP contribution in [-0.2, 0) is 16.0 Å². The van der Waals surface area contributed by atoms with E-state index in [1.807, 2.05) is 66.4 Å². The van der Waals surface area contributed by atoms with E-state index in [-0.39, 0.29) is 11.8 Å². The van der Waals surface area contributed by atoms with E-state index >= 15 is 0 Å². The molecule has 1 N–H and O–H groups in total. The lowest BCUT2D eigenvalue weighted by Gasteiger charge is -2.32. The number of thioether (sulfide) groups is 1. The lowest BCUT2D eigenvalue weighted by molar-refractivity contribution is -0.119. The molecule has 176 valence electrons. The fourth-order valence-corrected chi connectivity index (χ4v) is 5.32. The monoisotopic (exact) mass is 502 g/mol. The topological polar surface area (TPSA) is 74.1 Å².